The molecule has 0 spiro atoms. The molecular weight excluding hydrogens is 416 g/mol. The van der Waals surface area contributed by atoms with Gasteiger partial charge in [-0.25, -0.2) is 0 Å². The summed E-state index contributed by atoms with van der Waals surface area (Å²) < 4.78 is 9.90. The van der Waals surface area contributed by atoms with Gasteiger partial charge in [-0.2, -0.15) is 0 Å². The summed E-state index contributed by atoms with van der Waals surface area (Å²) in [6, 6.07) is 21.2. The first-order valence-corrected chi connectivity index (χ1v) is 9.99. The number of ether oxygens (including phenoxy) is 2. The van der Waals surface area contributed by atoms with Crippen LogP contribution in [0.3, 0.4) is 0 Å². The number of nitrogens with one attached hydrogen (secondary N) is 2. The molecule has 2 N–H and O–H groups in total. The molecule has 0 radical (unpaired) electrons. The van der Waals surface area contributed by atoms with E-state index < -0.39 is 12.0 Å². The van der Waals surface area contributed by atoms with Crippen molar-refractivity contribution in [2.75, 3.05) is 26.1 Å². The lowest BCUT2D eigenvalue weighted by atomic mass is 9.96. The fraction of sp³-hybridized carbons (Fsp3) is 0.167. The molecule has 6 nitrogen and oxygen atoms in total. The van der Waals surface area contributed by atoms with Crippen LogP contribution in [0.25, 0.3) is 0 Å². The van der Waals surface area contributed by atoms with Gasteiger partial charge in [-0.1, -0.05) is 41.9 Å². The number of halogens is 1. The molecule has 3 rings (SSSR count). The van der Waals surface area contributed by atoms with Crippen molar-refractivity contribution in [3.63, 3.8) is 0 Å². The zero-order valence-electron chi connectivity index (χ0n) is 17.2. The van der Waals surface area contributed by atoms with Gasteiger partial charge < -0.3 is 14.8 Å². The molecule has 0 fully saturated rings. The van der Waals surface area contributed by atoms with Gasteiger partial charge >= 0.3 is 5.97 Å². The number of anilines is 1. The fourth-order valence-corrected chi connectivity index (χ4v) is 3.31. The van der Waals surface area contributed by atoms with Crippen molar-refractivity contribution in [1.29, 1.82) is 0 Å². The van der Waals surface area contributed by atoms with Gasteiger partial charge in [0.1, 0.15) is 5.75 Å². The molecule has 0 aromatic heterocycles. The van der Waals surface area contributed by atoms with Crippen molar-refractivity contribution in [3.8, 4) is 5.75 Å². The molecule has 3 aromatic carbocycles. The normalized spacial score (nSPS) is 11.5. The first-order valence-electron chi connectivity index (χ1n) is 9.62. The van der Waals surface area contributed by atoms with Crippen LogP contribution < -0.4 is 15.4 Å². The maximum atomic E-state index is 12.8. The van der Waals surface area contributed by atoms with Gasteiger partial charge in [0.15, 0.2) is 0 Å². The third kappa shape index (κ3) is 5.84. The lowest BCUT2D eigenvalue weighted by Crippen LogP contribution is -2.30. The summed E-state index contributed by atoms with van der Waals surface area (Å²) in [7, 11) is 2.90. The van der Waals surface area contributed by atoms with Gasteiger partial charge in [-0.05, 0) is 53.6 Å². The van der Waals surface area contributed by atoms with Crippen molar-refractivity contribution in [2.45, 2.75) is 6.04 Å². The maximum Gasteiger partial charge on any atom is 0.319 e. The van der Waals surface area contributed by atoms with Crippen LogP contribution in [0.5, 0.6) is 5.75 Å². The topological polar surface area (TPSA) is 76.7 Å². The average Bonchev–Trinajstić information content (AvgIpc) is 2.81. The minimum atomic E-state index is -0.398. The Hall–Kier alpha value is -3.35. The number of hydrogen-bond donors (Lipinski definition) is 2. The summed E-state index contributed by atoms with van der Waals surface area (Å²) in [6.45, 7) is -0.00552. The number of hydrogen-bond acceptors (Lipinski definition) is 5. The standard InChI is InChI=1S/C24H23ClN2O4/c1-30-19-11-8-17(9-12-19)24(29)27-21-13-10-18(25)14-20(21)23(26-15-22(28)31-2)16-6-4-3-5-7-16/h3-14,23,26H,15H2,1-2H3,(H,27,29). The first-order chi connectivity index (χ1) is 15.0. The van der Waals surface area contributed by atoms with E-state index in [1.54, 1.807) is 49.6 Å². The average molecular weight is 439 g/mol. The molecule has 0 heterocycles. The number of amides is 1. The number of rotatable bonds is 8. The molecular formula is C24H23ClN2O4. The first kappa shape index (κ1) is 22.3. The quantitative estimate of drug-likeness (QED) is 0.508. The SMILES string of the molecule is COC(=O)CNC(c1ccccc1)c1cc(Cl)ccc1NC(=O)c1ccc(OC)cc1. The molecule has 0 saturated carbocycles. The molecule has 0 aliphatic rings. The monoisotopic (exact) mass is 438 g/mol. The van der Waals surface area contributed by atoms with Gasteiger partial charge in [0.25, 0.3) is 5.91 Å². The molecule has 3 aromatic rings. The lowest BCUT2D eigenvalue weighted by Gasteiger charge is -2.23. The summed E-state index contributed by atoms with van der Waals surface area (Å²) >= 11 is 6.28. The third-order valence-corrected chi connectivity index (χ3v) is 4.97. The number of benzene rings is 3. The van der Waals surface area contributed by atoms with Crippen LogP contribution in [-0.4, -0.2) is 32.6 Å². The Labute approximate surface area is 186 Å². The van der Waals surface area contributed by atoms with Crippen molar-refractivity contribution >= 4 is 29.2 Å². The summed E-state index contributed by atoms with van der Waals surface area (Å²) in [6.07, 6.45) is 0. The largest absolute Gasteiger partial charge is 0.497 e. The van der Waals surface area contributed by atoms with Crippen LogP contribution in [0.2, 0.25) is 5.02 Å². The Morgan fingerprint density at radius 1 is 0.968 bits per heavy atom. The van der Waals surface area contributed by atoms with E-state index in [1.165, 1.54) is 7.11 Å². The maximum absolute atomic E-state index is 12.8. The Morgan fingerprint density at radius 2 is 1.68 bits per heavy atom. The molecule has 31 heavy (non-hydrogen) atoms. The minimum absolute atomic E-state index is 0.00552. The molecule has 7 heteroatoms. The second-order valence-electron chi connectivity index (χ2n) is 6.71. The molecule has 1 amide bonds. The van der Waals surface area contributed by atoms with E-state index in [-0.39, 0.29) is 12.5 Å². The highest BCUT2D eigenvalue weighted by Gasteiger charge is 2.20. The van der Waals surface area contributed by atoms with Crippen LogP contribution in [0.1, 0.15) is 27.5 Å². The second kappa shape index (κ2) is 10.6. The highest BCUT2D eigenvalue weighted by atomic mass is 35.5. The number of carbonyl (C=O) groups excluding carboxylic acids is 2. The molecule has 0 bridgehead atoms. The van der Waals surface area contributed by atoms with Crippen molar-refractivity contribution in [3.05, 3.63) is 94.5 Å². The Morgan fingerprint density at radius 3 is 2.32 bits per heavy atom. The fourth-order valence-electron chi connectivity index (χ4n) is 3.13. The lowest BCUT2D eigenvalue weighted by molar-refractivity contribution is -0.139. The summed E-state index contributed by atoms with van der Waals surface area (Å²) in [5.41, 5.74) is 2.70. The molecule has 0 saturated heterocycles. The molecule has 0 aliphatic heterocycles. The Kier molecular flexibility index (Phi) is 7.65. The van der Waals surface area contributed by atoms with Gasteiger partial charge in [0.05, 0.1) is 26.8 Å². The second-order valence-corrected chi connectivity index (χ2v) is 7.15. The van der Waals surface area contributed by atoms with Gasteiger partial charge in [0, 0.05) is 16.3 Å². The van der Waals surface area contributed by atoms with Crippen LogP contribution in [0, 0.1) is 0 Å². The molecule has 1 atom stereocenters. The predicted octanol–water partition coefficient (Wildman–Crippen LogP) is 4.45. The van der Waals surface area contributed by atoms with Crippen molar-refractivity contribution < 1.29 is 19.1 Å². The smallest absolute Gasteiger partial charge is 0.319 e. The number of esters is 1. The highest BCUT2D eigenvalue weighted by Crippen LogP contribution is 2.31. The van der Waals surface area contributed by atoms with E-state index in [1.807, 2.05) is 30.3 Å². The summed E-state index contributed by atoms with van der Waals surface area (Å²) in [5, 5.41) is 6.66. The van der Waals surface area contributed by atoms with E-state index in [0.29, 0.717) is 22.0 Å². The van der Waals surface area contributed by atoms with Crippen LogP contribution in [0.4, 0.5) is 5.69 Å². The molecule has 0 aliphatic carbocycles. The summed E-state index contributed by atoms with van der Waals surface area (Å²) in [4.78, 5) is 24.6. The van der Waals surface area contributed by atoms with E-state index in [4.69, 9.17) is 21.1 Å². The Balaban J connectivity index is 1.94. The number of carbonyl (C=O) groups is 2. The number of methoxy groups -OCH3 is 2. The summed E-state index contributed by atoms with van der Waals surface area (Å²) in [5.74, 6) is -0.00216. The van der Waals surface area contributed by atoms with Gasteiger partial charge in [-0.15, -0.1) is 0 Å². The highest BCUT2D eigenvalue weighted by molar-refractivity contribution is 6.30. The molecule has 1 unspecified atom stereocenters. The van der Waals surface area contributed by atoms with E-state index >= 15 is 0 Å². The van der Waals surface area contributed by atoms with E-state index in [2.05, 4.69) is 10.6 Å². The zero-order valence-corrected chi connectivity index (χ0v) is 18.0. The van der Waals surface area contributed by atoms with Gasteiger partial charge in [0.2, 0.25) is 0 Å². The van der Waals surface area contributed by atoms with Crippen LogP contribution in [0.15, 0.2) is 72.8 Å². The third-order valence-electron chi connectivity index (χ3n) is 4.74. The zero-order chi connectivity index (χ0) is 22.2. The van der Waals surface area contributed by atoms with Crippen molar-refractivity contribution in [2.24, 2.45) is 0 Å². The van der Waals surface area contributed by atoms with Gasteiger partial charge in [-0.3, -0.25) is 14.9 Å². The van der Waals surface area contributed by atoms with E-state index in [0.717, 1.165) is 11.1 Å². The van der Waals surface area contributed by atoms with E-state index in [9.17, 15) is 9.59 Å². The Bertz CT molecular complexity index is 1040. The predicted molar refractivity (Wildman–Crippen MR) is 121 cm³/mol. The minimum Gasteiger partial charge on any atom is -0.497 e. The van der Waals surface area contributed by atoms with Crippen molar-refractivity contribution in [1.82, 2.24) is 5.32 Å². The van der Waals surface area contributed by atoms with Crippen LogP contribution >= 0.6 is 11.6 Å². The van der Waals surface area contributed by atoms with Crippen LogP contribution in [-0.2, 0) is 9.53 Å². The molecule has 160 valence electrons.